The molecule has 0 spiro atoms. The molecular weight excluding hydrogens is 904 g/mol. The molecule has 0 aliphatic carbocycles. The second-order valence-corrected chi connectivity index (χ2v) is 20.2. The van der Waals surface area contributed by atoms with Crippen LogP contribution in [0.15, 0.2) is 60.8 Å². The molecule has 70 heavy (non-hydrogen) atoms. The van der Waals surface area contributed by atoms with Gasteiger partial charge < -0.3 is 24.2 Å². The molecule has 0 fully saturated rings. The fourth-order valence-electron chi connectivity index (χ4n) is 7.64. The highest BCUT2D eigenvalue weighted by molar-refractivity contribution is 7.47. The third-order valence-electron chi connectivity index (χ3n) is 11.9. The minimum absolute atomic E-state index is 0.159. The molecule has 0 saturated carbocycles. The van der Waals surface area contributed by atoms with Crippen LogP contribution >= 0.6 is 7.82 Å². The Bertz CT molecular complexity index is 1410. The molecule has 406 valence electrons. The van der Waals surface area contributed by atoms with E-state index >= 15 is 0 Å². The van der Waals surface area contributed by atoms with Crippen LogP contribution in [0.3, 0.4) is 0 Å². The summed E-state index contributed by atoms with van der Waals surface area (Å²) in [6, 6.07) is 0. The molecular formula is C58H103O11P. The first kappa shape index (κ1) is 67.2. The van der Waals surface area contributed by atoms with Crippen molar-refractivity contribution in [1.29, 1.82) is 0 Å². The minimum atomic E-state index is -4.74. The largest absolute Gasteiger partial charge is 0.472 e. The molecule has 0 amide bonds. The Morgan fingerprint density at radius 1 is 0.414 bits per heavy atom. The number of carbonyl (C=O) groups excluding carboxylic acids is 3. The Hall–Kier alpha value is -2.82. The summed E-state index contributed by atoms with van der Waals surface area (Å²) in [5.41, 5.74) is 0. The molecule has 0 radical (unpaired) electrons. The average Bonchev–Trinajstić information content (AvgIpc) is 3.35. The highest BCUT2D eigenvalue weighted by Gasteiger charge is 2.28. The molecule has 0 aliphatic heterocycles. The molecule has 11 nitrogen and oxygen atoms in total. The fourth-order valence-corrected chi connectivity index (χ4v) is 8.42. The summed E-state index contributed by atoms with van der Waals surface area (Å²) in [4.78, 5) is 48.4. The zero-order valence-corrected chi connectivity index (χ0v) is 45.6. The molecule has 3 unspecified atom stereocenters. The van der Waals surface area contributed by atoms with Gasteiger partial charge >= 0.3 is 25.7 Å². The van der Waals surface area contributed by atoms with Crippen LogP contribution < -0.4 is 0 Å². The van der Waals surface area contributed by atoms with E-state index in [1.165, 1.54) is 89.9 Å². The monoisotopic (exact) mass is 1010 g/mol. The molecule has 0 aromatic carbocycles. The Balaban J connectivity index is 4.73. The number of aliphatic hydroxyl groups excluding tert-OH is 1. The van der Waals surface area contributed by atoms with Crippen LogP contribution in [-0.2, 0) is 42.2 Å². The first-order valence-electron chi connectivity index (χ1n) is 28.2. The molecule has 0 aromatic heterocycles. The number of phosphoric acid groups is 1. The van der Waals surface area contributed by atoms with Crippen molar-refractivity contribution in [2.45, 2.75) is 264 Å². The van der Waals surface area contributed by atoms with Crippen LogP contribution in [0.2, 0.25) is 0 Å². The van der Waals surface area contributed by atoms with Crippen molar-refractivity contribution in [3.05, 3.63) is 60.8 Å². The van der Waals surface area contributed by atoms with Crippen LogP contribution in [-0.4, -0.2) is 66.5 Å². The summed E-state index contributed by atoms with van der Waals surface area (Å²) < 4.78 is 39.4. The van der Waals surface area contributed by atoms with Gasteiger partial charge in [0.1, 0.15) is 12.7 Å². The van der Waals surface area contributed by atoms with Crippen molar-refractivity contribution in [2.24, 2.45) is 0 Å². The number of rotatable bonds is 52. The quantitative estimate of drug-likeness (QED) is 0.0197. The second-order valence-electron chi connectivity index (χ2n) is 18.7. The highest BCUT2D eigenvalue weighted by Crippen LogP contribution is 2.43. The van der Waals surface area contributed by atoms with Gasteiger partial charge in [-0.2, -0.15) is 0 Å². The van der Waals surface area contributed by atoms with Gasteiger partial charge in [0.2, 0.25) is 0 Å². The first-order valence-corrected chi connectivity index (χ1v) is 29.7. The van der Waals surface area contributed by atoms with Crippen molar-refractivity contribution < 1.29 is 52.2 Å². The van der Waals surface area contributed by atoms with Gasteiger partial charge in [-0.05, 0) is 83.5 Å². The zero-order valence-electron chi connectivity index (χ0n) is 44.7. The van der Waals surface area contributed by atoms with E-state index in [9.17, 15) is 28.9 Å². The Morgan fingerprint density at radius 3 is 1.17 bits per heavy atom. The van der Waals surface area contributed by atoms with Gasteiger partial charge in [0, 0.05) is 19.3 Å². The lowest BCUT2D eigenvalue weighted by atomic mass is 10.1. The number of hydrogen-bond donors (Lipinski definition) is 2. The number of allylic oxidation sites excluding steroid dienone is 10. The van der Waals surface area contributed by atoms with Gasteiger partial charge in [-0.3, -0.25) is 23.4 Å². The maximum absolute atomic E-state index is 12.9. The van der Waals surface area contributed by atoms with E-state index in [1.807, 2.05) is 0 Å². The van der Waals surface area contributed by atoms with Crippen LogP contribution in [0.25, 0.3) is 0 Å². The lowest BCUT2D eigenvalue weighted by Gasteiger charge is -2.21. The van der Waals surface area contributed by atoms with Gasteiger partial charge in [0.05, 0.1) is 19.8 Å². The lowest BCUT2D eigenvalue weighted by molar-refractivity contribution is -0.161. The van der Waals surface area contributed by atoms with Gasteiger partial charge in [-0.15, -0.1) is 0 Å². The van der Waals surface area contributed by atoms with E-state index in [4.69, 9.17) is 23.3 Å². The molecule has 0 aliphatic rings. The molecule has 0 saturated heterocycles. The molecule has 3 atom stereocenters. The number of phosphoric ester groups is 1. The average molecular weight is 1010 g/mol. The summed E-state index contributed by atoms with van der Waals surface area (Å²) in [6.07, 6.45) is 56.2. The number of aliphatic hydroxyl groups is 1. The number of carbonyl (C=O) groups is 3. The summed E-state index contributed by atoms with van der Waals surface area (Å²) in [5.74, 6) is -1.48. The normalized spacial score (nSPS) is 13.8. The second kappa shape index (κ2) is 52.5. The van der Waals surface area contributed by atoms with E-state index in [0.717, 1.165) is 103 Å². The van der Waals surface area contributed by atoms with E-state index in [-0.39, 0.29) is 25.9 Å². The predicted molar refractivity (Wildman–Crippen MR) is 288 cm³/mol. The summed E-state index contributed by atoms with van der Waals surface area (Å²) in [5, 5.41) is 9.76. The maximum atomic E-state index is 12.9. The Kier molecular flexibility index (Phi) is 50.4. The Morgan fingerprint density at radius 2 is 0.743 bits per heavy atom. The van der Waals surface area contributed by atoms with E-state index in [1.54, 1.807) is 0 Å². The summed E-state index contributed by atoms with van der Waals surface area (Å²) >= 11 is 0. The number of unbranched alkanes of at least 4 members (excludes halogenated alkanes) is 25. The van der Waals surface area contributed by atoms with Gasteiger partial charge in [0.25, 0.3) is 0 Å². The number of hydrogen-bond acceptors (Lipinski definition) is 10. The summed E-state index contributed by atoms with van der Waals surface area (Å²) in [6.45, 7) is 4.47. The van der Waals surface area contributed by atoms with E-state index < -0.39 is 57.8 Å². The molecule has 0 aromatic rings. The van der Waals surface area contributed by atoms with Crippen molar-refractivity contribution >= 4 is 25.7 Å². The van der Waals surface area contributed by atoms with Crippen molar-refractivity contribution in [3.63, 3.8) is 0 Å². The first-order chi connectivity index (χ1) is 34.2. The zero-order chi connectivity index (χ0) is 51.3. The summed E-state index contributed by atoms with van der Waals surface area (Å²) in [7, 11) is -4.74. The smallest absolute Gasteiger partial charge is 0.462 e. The standard InChI is InChI=1S/C58H103O11P/c1-4-7-10-13-16-19-21-23-25-26-27-28-30-32-34-37-40-43-46-49-58(62)69-55(51-65-56(60)47-44-41-38-36-33-31-29-24-22-20-17-14-11-8-5-2)53-67-70(63,64)66-52-54(50-59)68-57(61)48-45-42-39-35-18-15-12-9-6-3/h8,11,16-17,19-20,23-25,29,54-55,59H,4-7,9-10,12-15,18,21-22,26-28,30-53H2,1-3H3,(H,63,64)/b11-8-,19-16-,20-17-,25-23-,29-24-. The lowest BCUT2D eigenvalue weighted by Crippen LogP contribution is -2.30. The van der Waals surface area contributed by atoms with Crippen LogP contribution in [0.5, 0.6) is 0 Å². The number of ether oxygens (including phenoxy) is 3. The molecule has 12 heteroatoms. The van der Waals surface area contributed by atoms with Crippen molar-refractivity contribution in [3.8, 4) is 0 Å². The molecule has 0 bridgehead atoms. The van der Waals surface area contributed by atoms with Crippen LogP contribution in [0, 0.1) is 0 Å². The molecule has 2 N–H and O–H groups in total. The predicted octanol–water partition coefficient (Wildman–Crippen LogP) is 16.4. The Labute approximate surface area is 427 Å². The third kappa shape index (κ3) is 50.1. The van der Waals surface area contributed by atoms with E-state index in [2.05, 4.69) is 81.5 Å². The highest BCUT2D eigenvalue weighted by atomic mass is 31.2. The maximum Gasteiger partial charge on any atom is 0.472 e. The molecule has 0 heterocycles. The van der Waals surface area contributed by atoms with Gasteiger partial charge in [0.15, 0.2) is 6.10 Å². The van der Waals surface area contributed by atoms with Crippen molar-refractivity contribution in [2.75, 3.05) is 26.4 Å². The van der Waals surface area contributed by atoms with Crippen LogP contribution in [0.1, 0.15) is 252 Å². The minimum Gasteiger partial charge on any atom is -0.462 e. The van der Waals surface area contributed by atoms with E-state index in [0.29, 0.717) is 19.3 Å². The fraction of sp³-hybridized carbons (Fsp3) is 0.776. The number of esters is 3. The SMILES string of the molecule is CC/C=C\C/C=C\C/C=C\CCCCCCCC(=O)OCC(COP(=O)(O)OCC(CO)OC(=O)CCCCCCCCCCC)OC(=O)CCCCCCCCCCC/C=C\C/C=C\CCCCC. The topological polar surface area (TPSA) is 155 Å². The molecule has 0 rings (SSSR count). The third-order valence-corrected chi connectivity index (χ3v) is 12.9. The van der Waals surface area contributed by atoms with Gasteiger partial charge in [-0.25, -0.2) is 4.57 Å². The van der Waals surface area contributed by atoms with Crippen LogP contribution in [0.4, 0.5) is 0 Å². The van der Waals surface area contributed by atoms with Crippen molar-refractivity contribution in [1.82, 2.24) is 0 Å². The van der Waals surface area contributed by atoms with Gasteiger partial charge in [-0.1, -0.05) is 210 Å².